The number of amides is 1. The Morgan fingerprint density at radius 3 is 2.71 bits per heavy atom. The van der Waals surface area contributed by atoms with Crippen LogP contribution < -0.4 is 5.32 Å². The summed E-state index contributed by atoms with van der Waals surface area (Å²) in [5, 5.41) is 3.21. The number of benzene rings is 1. The van der Waals surface area contributed by atoms with Crippen LogP contribution >= 0.6 is 15.9 Å². The van der Waals surface area contributed by atoms with E-state index in [-0.39, 0.29) is 11.3 Å². The van der Waals surface area contributed by atoms with E-state index in [9.17, 15) is 4.79 Å². The zero-order valence-corrected chi connectivity index (χ0v) is 14.2. The molecule has 4 heteroatoms. The van der Waals surface area contributed by atoms with Crippen LogP contribution in [-0.2, 0) is 10.2 Å². The third-order valence-corrected chi connectivity index (χ3v) is 5.51. The Morgan fingerprint density at radius 1 is 1.38 bits per heavy atom. The first-order valence-corrected chi connectivity index (χ1v) is 8.73. The third-order valence-electron chi connectivity index (χ3n) is 4.98. The van der Waals surface area contributed by atoms with E-state index in [0.29, 0.717) is 6.04 Å². The molecule has 1 saturated heterocycles. The minimum Gasteiger partial charge on any atom is -0.354 e. The van der Waals surface area contributed by atoms with Crippen molar-refractivity contribution < 1.29 is 4.79 Å². The summed E-state index contributed by atoms with van der Waals surface area (Å²) in [5.74, 6) is 0.216. The first kappa shape index (κ1) is 15.0. The summed E-state index contributed by atoms with van der Waals surface area (Å²) in [6.07, 6.45) is 4.41. The number of hydrogen-bond acceptors (Lipinski definition) is 2. The lowest BCUT2D eigenvalue weighted by molar-refractivity contribution is -0.123. The van der Waals surface area contributed by atoms with Crippen molar-refractivity contribution in [2.75, 3.05) is 19.6 Å². The standard InChI is InChI=1S/C17H23BrN2O/c1-2-20-11-3-4-15(20)12-19-16(21)17(9-10-17)13-5-7-14(18)8-6-13/h5-8,15H,2-4,9-12H2,1H3,(H,19,21). The van der Waals surface area contributed by atoms with Gasteiger partial charge < -0.3 is 5.32 Å². The van der Waals surface area contributed by atoms with Crippen molar-refractivity contribution in [2.24, 2.45) is 0 Å². The van der Waals surface area contributed by atoms with Gasteiger partial charge in [-0.2, -0.15) is 0 Å². The minimum absolute atomic E-state index is 0.216. The minimum atomic E-state index is -0.254. The van der Waals surface area contributed by atoms with Crippen molar-refractivity contribution in [3.05, 3.63) is 34.3 Å². The molecule has 0 spiro atoms. The van der Waals surface area contributed by atoms with Gasteiger partial charge in [0.05, 0.1) is 5.41 Å². The molecule has 114 valence electrons. The summed E-state index contributed by atoms with van der Waals surface area (Å²) in [4.78, 5) is 15.1. The van der Waals surface area contributed by atoms with E-state index in [2.05, 4.69) is 45.2 Å². The summed E-state index contributed by atoms with van der Waals surface area (Å²) in [7, 11) is 0. The van der Waals surface area contributed by atoms with Crippen molar-refractivity contribution in [3.63, 3.8) is 0 Å². The monoisotopic (exact) mass is 350 g/mol. The van der Waals surface area contributed by atoms with Crippen molar-refractivity contribution in [1.29, 1.82) is 0 Å². The zero-order chi connectivity index (χ0) is 14.9. The molecule has 3 nitrogen and oxygen atoms in total. The number of likely N-dealkylation sites (tertiary alicyclic amines) is 1. The molecule has 0 aromatic heterocycles. The van der Waals surface area contributed by atoms with Gasteiger partial charge in [-0.15, -0.1) is 0 Å². The zero-order valence-electron chi connectivity index (χ0n) is 12.6. The normalized spacial score (nSPS) is 24.0. The van der Waals surface area contributed by atoms with Crippen molar-refractivity contribution >= 4 is 21.8 Å². The molecule has 1 aliphatic heterocycles. The molecule has 2 aliphatic rings. The van der Waals surface area contributed by atoms with E-state index in [0.717, 1.165) is 36.0 Å². The fraction of sp³-hybridized carbons (Fsp3) is 0.588. The van der Waals surface area contributed by atoms with Crippen LogP contribution in [0.15, 0.2) is 28.7 Å². The maximum absolute atomic E-state index is 12.6. The van der Waals surface area contributed by atoms with Crippen LogP contribution in [0, 0.1) is 0 Å². The topological polar surface area (TPSA) is 32.3 Å². The first-order valence-electron chi connectivity index (χ1n) is 7.94. The second-order valence-electron chi connectivity index (χ2n) is 6.22. The number of hydrogen-bond donors (Lipinski definition) is 1. The van der Waals surface area contributed by atoms with Gasteiger partial charge >= 0.3 is 0 Å². The van der Waals surface area contributed by atoms with Gasteiger partial charge in [-0.1, -0.05) is 35.0 Å². The summed E-state index contributed by atoms with van der Waals surface area (Å²) in [6, 6.07) is 8.73. The summed E-state index contributed by atoms with van der Waals surface area (Å²) in [5.41, 5.74) is 0.901. The SMILES string of the molecule is CCN1CCCC1CNC(=O)C1(c2ccc(Br)cc2)CC1. The highest BCUT2D eigenvalue weighted by atomic mass is 79.9. The molecule has 1 aliphatic carbocycles. The average Bonchev–Trinajstić information content (AvgIpc) is 3.18. The molecule has 1 N–H and O–H groups in total. The number of halogens is 1. The molecule has 0 radical (unpaired) electrons. The number of carbonyl (C=O) groups is 1. The molecule has 2 fully saturated rings. The molecule has 1 atom stereocenters. The lowest BCUT2D eigenvalue weighted by atomic mass is 9.95. The molecule has 1 aromatic rings. The Balaban J connectivity index is 1.61. The lowest BCUT2D eigenvalue weighted by Gasteiger charge is -2.24. The first-order chi connectivity index (χ1) is 10.2. The number of carbonyl (C=O) groups excluding carboxylic acids is 1. The summed E-state index contributed by atoms with van der Waals surface area (Å²) in [6.45, 7) is 5.25. The highest BCUT2D eigenvalue weighted by Crippen LogP contribution is 2.48. The molecular formula is C17H23BrN2O. The lowest BCUT2D eigenvalue weighted by Crippen LogP contribution is -2.43. The number of nitrogens with zero attached hydrogens (tertiary/aromatic N) is 1. The van der Waals surface area contributed by atoms with Gasteiger partial charge in [0, 0.05) is 17.1 Å². The van der Waals surface area contributed by atoms with Crippen LogP contribution in [0.25, 0.3) is 0 Å². The molecule has 0 bridgehead atoms. The van der Waals surface area contributed by atoms with Crippen molar-refractivity contribution in [1.82, 2.24) is 10.2 Å². The van der Waals surface area contributed by atoms with Gasteiger partial charge in [0.1, 0.15) is 0 Å². The fourth-order valence-electron chi connectivity index (χ4n) is 3.46. The van der Waals surface area contributed by atoms with E-state index < -0.39 is 0 Å². The van der Waals surface area contributed by atoms with E-state index in [4.69, 9.17) is 0 Å². The van der Waals surface area contributed by atoms with Crippen molar-refractivity contribution in [3.8, 4) is 0 Å². The van der Waals surface area contributed by atoms with Gasteiger partial charge in [0.2, 0.25) is 5.91 Å². The second kappa shape index (κ2) is 6.09. The van der Waals surface area contributed by atoms with E-state index in [1.165, 1.54) is 19.4 Å². The largest absolute Gasteiger partial charge is 0.354 e. The molecular weight excluding hydrogens is 328 g/mol. The smallest absolute Gasteiger partial charge is 0.230 e. The second-order valence-corrected chi connectivity index (χ2v) is 7.14. The van der Waals surface area contributed by atoms with Gasteiger partial charge in [-0.3, -0.25) is 9.69 Å². The van der Waals surface area contributed by atoms with Crippen LogP contribution in [-0.4, -0.2) is 36.5 Å². The Labute approximate surface area is 135 Å². The predicted octanol–water partition coefficient (Wildman–Crippen LogP) is 3.08. The Bertz CT molecular complexity index is 510. The Morgan fingerprint density at radius 2 is 2.10 bits per heavy atom. The van der Waals surface area contributed by atoms with Crippen LogP contribution in [0.2, 0.25) is 0 Å². The predicted molar refractivity (Wildman–Crippen MR) is 88.3 cm³/mol. The Hall–Kier alpha value is -0.870. The summed E-state index contributed by atoms with van der Waals surface area (Å²) < 4.78 is 1.06. The molecule has 1 saturated carbocycles. The van der Waals surface area contributed by atoms with E-state index in [1.807, 2.05) is 12.1 Å². The van der Waals surface area contributed by atoms with Crippen LogP contribution in [0.3, 0.4) is 0 Å². The van der Waals surface area contributed by atoms with Crippen molar-refractivity contribution in [2.45, 2.75) is 44.1 Å². The summed E-state index contributed by atoms with van der Waals surface area (Å²) >= 11 is 3.45. The third kappa shape index (κ3) is 3.02. The molecule has 1 amide bonds. The van der Waals surface area contributed by atoms with Gasteiger partial charge in [0.25, 0.3) is 0 Å². The highest BCUT2D eigenvalue weighted by molar-refractivity contribution is 9.10. The molecule has 1 heterocycles. The van der Waals surface area contributed by atoms with Crippen LogP contribution in [0.1, 0.15) is 38.2 Å². The van der Waals surface area contributed by atoms with Crippen LogP contribution in [0.5, 0.6) is 0 Å². The fourth-order valence-corrected chi connectivity index (χ4v) is 3.73. The maximum atomic E-state index is 12.6. The highest BCUT2D eigenvalue weighted by Gasteiger charge is 2.51. The number of likely N-dealkylation sites (N-methyl/N-ethyl adjacent to an activating group) is 1. The quantitative estimate of drug-likeness (QED) is 0.884. The van der Waals surface area contributed by atoms with Gasteiger partial charge in [-0.05, 0) is 56.5 Å². The molecule has 1 aromatic carbocycles. The van der Waals surface area contributed by atoms with Crippen LogP contribution in [0.4, 0.5) is 0 Å². The molecule has 1 unspecified atom stereocenters. The molecule has 21 heavy (non-hydrogen) atoms. The Kier molecular flexibility index (Phi) is 4.36. The number of rotatable bonds is 5. The average molecular weight is 351 g/mol. The van der Waals surface area contributed by atoms with E-state index in [1.54, 1.807) is 0 Å². The number of nitrogens with one attached hydrogen (secondary N) is 1. The van der Waals surface area contributed by atoms with Gasteiger partial charge in [0.15, 0.2) is 0 Å². The maximum Gasteiger partial charge on any atom is 0.230 e. The van der Waals surface area contributed by atoms with E-state index >= 15 is 0 Å². The van der Waals surface area contributed by atoms with Gasteiger partial charge in [-0.25, -0.2) is 0 Å². The molecule has 3 rings (SSSR count).